The van der Waals surface area contributed by atoms with Crippen molar-refractivity contribution < 1.29 is 4.39 Å². The minimum atomic E-state index is -1.18. The fourth-order valence-electron chi connectivity index (χ4n) is 2.93. The molecule has 1 aromatic heterocycles. The van der Waals surface area contributed by atoms with Gasteiger partial charge < -0.3 is 5.32 Å². The zero-order valence-electron chi connectivity index (χ0n) is 8.03. The molecule has 0 amide bonds. The molecule has 2 saturated heterocycles. The Kier molecular flexibility index (Phi) is 1.74. The Hall–Kier alpha value is -0.480. The first-order valence-corrected chi connectivity index (χ1v) is 5.80. The van der Waals surface area contributed by atoms with E-state index in [1.165, 1.54) is 11.5 Å². The van der Waals surface area contributed by atoms with Crippen molar-refractivity contribution in [2.45, 2.75) is 25.1 Å². The van der Waals surface area contributed by atoms with Crippen LogP contribution in [0.5, 0.6) is 0 Å². The molecule has 0 spiro atoms. The average Bonchev–Trinajstić information content (AvgIpc) is 2.81. The molecule has 3 aliphatic rings. The largest absolute Gasteiger partial charge is 0.313 e. The molecule has 2 nitrogen and oxygen atoms in total. The van der Waals surface area contributed by atoms with Crippen molar-refractivity contribution in [2.75, 3.05) is 6.54 Å². The van der Waals surface area contributed by atoms with Gasteiger partial charge >= 0.3 is 0 Å². The number of hydrogen-bond donors (Lipinski definition) is 1. The van der Waals surface area contributed by atoms with E-state index in [9.17, 15) is 4.39 Å². The third kappa shape index (κ3) is 1.01. The zero-order valence-corrected chi connectivity index (χ0v) is 8.85. The highest BCUT2D eigenvalue weighted by Crippen LogP contribution is 2.52. The van der Waals surface area contributed by atoms with E-state index in [0.29, 0.717) is 12.0 Å². The summed E-state index contributed by atoms with van der Waals surface area (Å²) in [5.74, 6) is 0.708. The van der Waals surface area contributed by atoms with E-state index >= 15 is 0 Å². The van der Waals surface area contributed by atoms with Crippen LogP contribution in [0.15, 0.2) is 12.3 Å². The molecule has 4 unspecified atom stereocenters. The lowest BCUT2D eigenvalue weighted by molar-refractivity contribution is 0.0115. The molecule has 3 fully saturated rings. The van der Waals surface area contributed by atoms with Gasteiger partial charge in [0.2, 0.25) is 0 Å². The summed E-state index contributed by atoms with van der Waals surface area (Å²) in [7, 11) is 0. The maximum absolute atomic E-state index is 14.6. The van der Waals surface area contributed by atoms with E-state index < -0.39 is 5.67 Å². The van der Waals surface area contributed by atoms with Crippen LogP contribution in [0.4, 0.5) is 4.39 Å². The molecule has 3 heterocycles. The number of fused-ring (bicyclic) bond motifs is 1. The summed E-state index contributed by atoms with van der Waals surface area (Å²) < 4.78 is 18.6. The molecule has 1 aromatic rings. The third-order valence-electron chi connectivity index (χ3n) is 3.69. The Bertz CT molecular complexity index is 322. The molecule has 0 radical (unpaired) electrons. The minimum Gasteiger partial charge on any atom is -0.313 e. The molecule has 1 N–H and O–H groups in total. The molecular weight excluding hydrogens is 199 g/mol. The van der Waals surface area contributed by atoms with Crippen LogP contribution in [0.1, 0.15) is 18.2 Å². The average molecular weight is 212 g/mol. The smallest absolute Gasteiger partial charge is 0.148 e. The van der Waals surface area contributed by atoms with Gasteiger partial charge in [0.25, 0.3) is 0 Å². The minimum absolute atomic E-state index is 0.169. The number of alkyl halides is 1. The van der Waals surface area contributed by atoms with Crippen molar-refractivity contribution in [3.63, 3.8) is 0 Å². The quantitative estimate of drug-likeness (QED) is 0.810. The predicted octanol–water partition coefficient (Wildman–Crippen LogP) is 1.94. The molecule has 1 aliphatic carbocycles. The molecule has 76 valence electrons. The monoisotopic (exact) mass is 212 g/mol. The van der Waals surface area contributed by atoms with Gasteiger partial charge in [0, 0.05) is 18.2 Å². The standard InChI is InChI=1S/C10H13FN2S/c1-10(11,8-2-3-13-14-8)9-6-4-7(9)12-5-6/h2-3,6-7,9,12H,4-5H2,1H3. The van der Waals surface area contributed by atoms with Gasteiger partial charge in [-0.05, 0) is 43.4 Å². The molecule has 2 bridgehead atoms. The fraction of sp³-hybridized carbons (Fsp3) is 0.700. The first kappa shape index (κ1) is 8.80. The summed E-state index contributed by atoms with van der Waals surface area (Å²) >= 11 is 1.29. The van der Waals surface area contributed by atoms with Crippen LogP contribution in [0.25, 0.3) is 0 Å². The number of rotatable bonds is 2. The number of halogens is 1. The summed E-state index contributed by atoms with van der Waals surface area (Å²) in [5.41, 5.74) is -1.18. The van der Waals surface area contributed by atoms with Crippen molar-refractivity contribution in [3.8, 4) is 0 Å². The van der Waals surface area contributed by atoms with Crippen LogP contribution in [0.3, 0.4) is 0 Å². The second-order valence-electron chi connectivity index (χ2n) is 4.49. The lowest BCUT2D eigenvalue weighted by atomic mass is 9.66. The van der Waals surface area contributed by atoms with E-state index in [1.54, 1.807) is 13.1 Å². The second kappa shape index (κ2) is 2.76. The van der Waals surface area contributed by atoms with Gasteiger partial charge in [-0.2, -0.15) is 0 Å². The molecule has 14 heavy (non-hydrogen) atoms. The lowest BCUT2D eigenvalue weighted by Gasteiger charge is -2.42. The van der Waals surface area contributed by atoms with Crippen LogP contribution >= 0.6 is 11.5 Å². The summed E-state index contributed by atoms with van der Waals surface area (Å²) in [6.45, 7) is 2.70. The summed E-state index contributed by atoms with van der Waals surface area (Å²) in [6, 6.07) is 2.21. The van der Waals surface area contributed by atoms with E-state index in [4.69, 9.17) is 0 Å². The number of nitrogens with one attached hydrogen (secondary N) is 1. The summed E-state index contributed by atoms with van der Waals surface area (Å²) in [6.07, 6.45) is 2.84. The molecule has 1 saturated carbocycles. The zero-order chi connectivity index (χ0) is 9.76. The molecule has 4 heteroatoms. The maximum Gasteiger partial charge on any atom is 0.148 e. The SMILES string of the molecule is CC(F)(c1ccns1)C1C2CNC1C2. The predicted molar refractivity (Wildman–Crippen MR) is 54.0 cm³/mol. The number of hydrogen-bond acceptors (Lipinski definition) is 3. The van der Waals surface area contributed by atoms with Crippen molar-refractivity contribution in [3.05, 3.63) is 17.1 Å². The topological polar surface area (TPSA) is 24.9 Å². The number of nitrogens with zero attached hydrogens (tertiary/aromatic N) is 1. The van der Waals surface area contributed by atoms with Crippen LogP contribution in [0.2, 0.25) is 0 Å². The normalized spacial score (nSPS) is 39.1. The Morgan fingerprint density at radius 1 is 1.71 bits per heavy atom. The van der Waals surface area contributed by atoms with Gasteiger partial charge in [-0.25, -0.2) is 8.76 Å². The van der Waals surface area contributed by atoms with Gasteiger partial charge in [-0.1, -0.05) is 0 Å². The molecule has 4 rings (SSSR count). The van der Waals surface area contributed by atoms with Crippen LogP contribution in [-0.4, -0.2) is 17.0 Å². The number of aromatic nitrogens is 1. The van der Waals surface area contributed by atoms with Gasteiger partial charge in [-0.3, -0.25) is 0 Å². The fourth-order valence-corrected chi connectivity index (χ4v) is 3.60. The molecule has 4 atom stereocenters. The van der Waals surface area contributed by atoms with Gasteiger partial charge in [0.15, 0.2) is 0 Å². The Labute approximate surface area is 86.7 Å². The maximum atomic E-state index is 14.6. The van der Waals surface area contributed by atoms with Crippen LogP contribution in [0, 0.1) is 11.8 Å². The molecule has 0 aromatic carbocycles. The summed E-state index contributed by atoms with van der Waals surface area (Å²) in [5, 5.41) is 3.36. The van der Waals surface area contributed by atoms with Crippen molar-refractivity contribution in [2.24, 2.45) is 11.8 Å². The van der Waals surface area contributed by atoms with Crippen LogP contribution in [-0.2, 0) is 5.67 Å². The highest BCUT2D eigenvalue weighted by atomic mass is 32.1. The third-order valence-corrected chi connectivity index (χ3v) is 4.64. The van der Waals surface area contributed by atoms with Gasteiger partial charge in [0.1, 0.15) is 5.67 Å². The Balaban J connectivity index is 1.90. The van der Waals surface area contributed by atoms with Crippen molar-refractivity contribution in [1.82, 2.24) is 9.69 Å². The van der Waals surface area contributed by atoms with Crippen LogP contribution < -0.4 is 5.32 Å². The Morgan fingerprint density at radius 3 is 3.07 bits per heavy atom. The molecule has 2 aliphatic heterocycles. The lowest BCUT2D eigenvalue weighted by Crippen LogP contribution is -2.47. The van der Waals surface area contributed by atoms with Crippen molar-refractivity contribution in [1.29, 1.82) is 0 Å². The Morgan fingerprint density at radius 2 is 2.57 bits per heavy atom. The highest BCUT2D eigenvalue weighted by molar-refractivity contribution is 7.05. The first-order valence-electron chi connectivity index (χ1n) is 5.03. The van der Waals surface area contributed by atoms with Crippen molar-refractivity contribution >= 4 is 11.5 Å². The van der Waals surface area contributed by atoms with E-state index in [2.05, 4.69) is 9.69 Å². The first-order chi connectivity index (χ1) is 6.69. The van der Waals surface area contributed by atoms with Gasteiger partial charge in [-0.15, -0.1) is 0 Å². The van der Waals surface area contributed by atoms with E-state index in [0.717, 1.165) is 17.8 Å². The highest BCUT2D eigenvalue weighted by Gasteiger charge is 2.56. The van der Waals surface area contributed by atoms with E-state index in [1.807, 2.05) is 6.07 Å². The summed E-state index contributed by atoms with van der Waals surface area (Å²) in [4.78, 5) is 0.779. The van der Waals surface area contributed by atoms with E-state index in [-0.39, 0.29) is 5.92 Å². The van der Waals surface area contributed by atoms with Gasteiger partial charge in [0.05, 0.1) is 4.88 Å². The molecular formula is C10H13FN2S. The second-order valence-corrected chi connectivity index (χ2v) is 5.32.